The lowest BCUT2D eigenvalue weighted by Gasteiger charge is -2.20. The van der Waals surface area contributed by atoms with E-state index in [-0.39, 0.29) is 6.04 Å². The van der Waals surface area contributed by atoms with Gasteiger partial charge in [0.2, 0.25) is 0 Å². The monoisotopic (exact) mass is 337 g/mol. The number of rotatable bonds is 10. The Hall–Kier alpha value is 1.67. The molecule has 1 radical (unpaired) electrons. The van der Waals surface area contributed by atoms with E-state index in [1.54, 1.807) is 0 Å². The molecule has 0 spiro atoms. The van der Waals surface area contributed by atoms with Gasteiger partial charge in [-0.2, -0.15) is 0 Å². The number of hydrogen-bond donors (Lipinski definition) is 5. The molecule has 10 heteroatoms. The molecule has 0 heterocycles. The first-order valence-electron chi connectivity index (χ1n) is 4.73. The molecule has 3 N–H and O–H groups in total. The first kappa shape index (κ1) is 17.7. The summed E-state index contributed by atoms with van der Waals surface area (Å²) in [7, 11) is -2.96. The fourth-order valence-electron chi connectivity index (χ4n) is 0.946. The van der Waals surface area contributed by atoms with Gasteiger partial charge in [-0.1, -0.05) is 21.6 Å². The minimum atomic E-state index is -3.64. The quantitative estimate of drug-likeness (QED) is 0.179. The van der Waals surface area contributed by atoms with Crippen molar-refractivity contribution in [2.24, 2.45) is 0 Å². The Kier molecular flexibility index (Phi) is 11.7. The van der Waals surface area contributed by atoms with Crippen molar-refractivity contribution in [3.8, 4) is 0 Å². The van der Waals surface area contributed by atoms with Gasteiger partial charge in [-0.3, -0.25) is 0 Å². The summed E-state index contributed by atoms with van der Waals surface area (Å²) in [6, 6.07) is 0.714. The SMILES string of the molecule is O[Si](CCCSS)O[Si](O)(O)CCCSS. The Labute approximate surface area is 117 Å². The third-order valence-corrected chi connectivity index (χ3v) is 7.72. The Balaban J connectivity index is 3.67. The summed E-state index contributed by atoms with van der Waals surface area (Å²) in [5, 5.41) is 0. The van der Waals surface area contributed by atoms with E-state index in [1.807, 2.05) is 0 Å². The van der Waals surface area contributed by atoms with Gasteiger partial charge in [0, 0.05) is 17.5 Å². The van der Waals surface area contributed by atoms with Crippen LogP contribution in [0, 0.1) is 0 Å². The summed E-state index contributed by atoms with van der Waals surface area (Å²) in [4.78, 5) is 28.6. The summed E-state index contributed by atoms with van der Waals surface area (Å²) < 4.78 is 4.97. The zero-order valence-corrected chi connectivity index (χ0v) is 14.1. The highest BCUT2D eigenvalue weighted by atomic mass is 33.1. The molecule has 0 aliphatic rings. The molecule has 0 atom stereocenters. The van der Waals surface area contributed by atoms with Crippen LogP contribution in [-0.4, -0.2) is 44.0 Å². The van der Waals surface area contributed by atoms with E-state index >= 15 is 0 Å². The Morgan fingerprint density at radius 1 is 1.12 bits per heavy atom. The van der Waals surface area contributed by atoms with Crippen LogP contribution < -0.4 is 0 Å². The molecule has 0 aromatic carbocycles. The topological polar surface area (TPSA) is 69.9 Å². The predicted octanol–water partition coefficient (Wildman–Crippen LogP) is 1.34. The van der Waals surface area contributed by atoms with Crippen molar-refractivity contribution >= 4 is 63.0 Å². The van der Waals surface area contributed by atoms with Gasteiger partial charge in [0.1, 0.15) is 0 Å². The second-order valence-corrected chi connectivity index (χ2v) is 10.1. The minimum absolute atomic E-state index is 0.219. The van der Waals surface area contributed by atoms with Crippen LogP contribution in [-0.2, 0) is 4.12 Å². The molecule has 0 unspecified atom stereocenters. The van der Waals surface area contributed by atoms with Gasteiger partial charge in [-0.25, -0.2) is 0 Å². The van der Waals surface area contributed by atoms with Gasteiger partial charge in [0.05, 0.1) is 0 Å². The van der Waals surface area contributed by atoms with Crippen molar-refractivity contribution in [3.05, 3.63) is 0 Å². The smallest absolute Gasteiger partial charge is 0.410 e. The van der Waals surface area contributed by atoms with Crippen LogP contribution in [0.5, 0.6) is 0 Å². The first-order chi connectivity index (χ1) is 7.52. The lowest BCUT2D eigenvalue weighted by atomic mass is 10.6. The fraction of sp³-hybridized carbons (Fsp3) is 1.00. The Morgan fingerprint density at radius 3 is 2.25 bits per heavy atom. The fourth-order valence-corrected chi connectivity index (χ4v) is 6.22. The molecule has 97 valence electrons. The van der Waals surface area contributed by atoms with Gasteiger partial charge < -0.3 is 18.5 Å². The maximum atomic E-state index is 9.55. The molecule has 0 aromatic rings. The molecule has 0 saturated heterocycles. The summed E-state index contributed by atoms with van der Waals surface area (Å²) in [6.07, 6.45) is 1.41. The second-order valence-electron chi connectivity index (χ2n) is 3.11. The van der Waals surface area contributed by atoms with Gasteiger partial charge >= 0.3 is 18.1 Å². The Morgan fingerprint density at radius 2 is 1.69 bits per heavy atom. The molecule has 0 aliphatic heterocycles. The first-order valence-corrected chi connectivity index (χ1v) is 12.4. The molecule has 0 aliphatic carbocycles. The highest BCUT2D eigenvalue weighted by Gasteiger charge is 2.35. The standard InChI is InChI=1S/C6H17O4S4Si2/c7-15(5-1-3-13-11)10-16(8,9)6-2-4-14-12/h7-9,11-12H,1-6H2. The molecular weight excluding hydrogens is 321 g/mol. The molecule has 0 rings (SSSR count). The van der Waals surface area contributed by atoms with Crippen LogP contribution in [0.15, 0.2) is 0 Å². The highest BCUT2D eigenvalue weighted by molar-refractivity contribution is 8.68. The van der Waals surface area contributed by atoms with E-state index in [2.05, 4.69) is 23.3 Å². The summed E-state index contributed by atoms with van der Waals surface area (Å²) >= 11 is 7.92. The maximum absolute atomic E-state index is 9.55. The number of hydrogen-bond acceptors (Lipinski definition) is 8. The third kappa shape index (κ3) is 10.8. The van der Waals surface area contributed by atoms with Crippen LogP contribution in [0.1, 0.15) is 12.8 Å². The Bertz CT molecular complexity index is 177. The summed E-state index contributed by atoms with van der Waals surface area (Å²) in [5.41, 5.74) is 0. The van der Waals surface area contributed by atoms with Crippen LogP contribution in [0.2, 0.25) is 12.1 Å². The van der Waals surface area contributed by atoms with Crippen molar-refractivity contribution in [3.63, 3.8) is 0 Å². The molecule has 0 aromatic heterocycles. The van der Waals surface area contributed by atoms with Crippen molar-refractivity contribution in [2.45, 2.75) is 24.9 Å². The van der Waals surface area contributed by atoms with Crippen LogP contribution in [0.25, 0.3) is 0 Å². The zero-order valence-electron chi connectivity index (χ0n) is 8.70. The van der Waals surface area contributed by atoms with Crippen molar-refractivity contribution in [1.82, 2.24) is 0 Å². The lowest BCUT2D eigenvalue weighted by molar-refractivity contribution is 0.217. The lowest BCUT2D eigenvalue weighted by Crippen LogP contribution is -2.44. The second kappa shape index (κ2) is 10.6. The van der Waals surface area contributed by atoms with E-state index in [0.717, 1.165) is 17.9 Å². The molecule has 16 heavy (non-hydrogen) atoms. The average Bonchev–Trinajstić information content (AvgIpc) is 2.17. The van der Waals surface area contributed by atoms with E-state index < -0.39 is 18.1 Å². The van der Waals surface area contributed by atoms with Gasteiger partial charge in [-0.15, -0.1) is 23.3 Å². The average molecular weight is 338 g/mol. The molecule has 0 fully saturated rings. The molecular formula is C6H17O4S4Si2. The molecule has 0 amide bonds. The van der Waals surface area contributed by atoms with Crippen LogP contribution in [0.4, 0.5) is 0 Å². The van der Waals surface area contributed by atoms with Gasteiger partial charge in [-0.05, 0) is 18.9 Å². The van der Waals surface area contributed by atoms with Crippen LogP contribution >= 0.6 is 44.9 Å². The van der Waals surface area contributed by atoms with Crippen molar-refractivity contribution in [2.75, 3.05) is 11.5 Å². The van der Waals surface area contributed by atoms with E-state index in [4.69, 9.17) is 4.12 Å². The molecule has 0 saturated carbocycles. The maximum Gasteiger partial charge on any atom is 0.486 e. The summed E-state index contributed by atoms with van der Waals surface area (Å²) in [5.74, 6) is 1.56. The largest absolute Gasteiger partial charge is 0.486 e. The number of thiol groups is 2. The van der Waals surface area contributed by atoms with E-state index in [0.29, 0.717) is 12.5 Å². The minimum Gasteiger partial charge on any atom is -0.410 e. The van der Waals surface area contributed by atoms with Crippen LogP contribution in [0.3, 0.4) is 0 Å². The van der Waals surface area contributed by atoms with Gasteiger partial charge in [0.25, 0.3) is 0 Å². The highest BCUT2D eigenvalue weighted by Crippen LogP contribution is 2.16. The van der Waals surface area contributed by atoms with Crippen molar-refractivity contribution in [1.29, 1.82) is 0 Å². The predicted molar refractivity (Wildman–Crippen MR) is 81.0 cm³/mol. The van der Waals surface area contributed by atoms with E-state index in [9.17, 15) is 14.4 Å². The van der Waals surface area contributed by atoms with Gasteiger partial charge in [0.15, 0.2) is 0 Å². The molecule has 4 nitrogen and oxygen atoms in total. The third-order valence-electron chi connectivity index (χ3n) is 1.65. The normalized spacial score (nSPS) is 12.4. The van der Waals surface area contributed by atoms with E-state index in [1.165, 1.54) is 21.6 Å². The zero-order chi connectivity index (χ0) is 12.4. The molecule has 0 bridgehead atoms. The summed E-state index contributed by atoms with van der Waals surface area (Å²) in [6.45, 7) is 0. The van der Waals surface area contributed by atoms with Crippen molar-refractivity contribution < 1.29 is 18.5 Å².